The van der Waals surface area contributed by atoms with E-state index in [4.69, 9.17) is 0 Å². The van der Waals surface area contributed by atoms with Gasteiger partial charge in [-0.05, 0) is 31.5 Å². The van der Waals surface area contributed by atoms with Crippen LogP contribution < -0.4 is 0 Å². The quantitative estimate of drug-likeness (QED) is 0.846. The van der Waals surface area contributed by atoms with Crippen LogP contribution in [0, 0.1) is 13.8 Å². The standard InChI is InChI=1S/C15H19N3O/c1-11-5-6-12(2)14(9-11)15(19)17(3)10-13-7-8-16-18(13)4/h5-9H,10H2,1-4H3. The van der Waals surface area contributed by atoms with Crippen LogP contribution in [0.15, 0.2) is 30.5 Å². The Labute approximate surface area is 113 Å². The number of carbonyl (C=O) groups excluding carboxylic acids is 1. The van der Waals surface area contributed by atoms with E-state index in [1.807, 2.05) is 52.2 Å². The van der Waals surface area contributed by atoms with Gasteiger partial charge in [-0.2, -0.15) is 5.10 Å². The molecule has 1 heterocycles. The monoisotopic (exact) mass is 257 g/mol. The van der Waals surface area contributed by atoms with E-state index in [2.05, 4.69) is 5.10 Å². The summed E-state index contributed by atoms with van der Waals surface area (Å²) in [6.07, 6.45) is 1.74. The number of aromatic nitrogens is 2. The van der Waals surface area contributed by atoms with Crippen molar-refractivity contribution >= 4 is 5.91 Å². The van der Waals surface area contributed by atoms with Crippen LogP contribution in [-0.4, -0.2) is 27.6 Å². The Bertz CT molecular complexity index is 601. The van der Waals surface area contributed by atoms with Gasteiger partial charge in [0.2, 0.25) is 0 Å². The highest BCUT2D eigenvalue weighted by Crippen LogP contribution is 2.14. The molecule has 0 N–H and O–H groups in total. The number of benzene rings is 1. The topological polar surface area (TPSA) is 38.1 Å². The van der Waals surface area contributed by atoms with Crippen LogP contribution in [0.25, 0.3) is 0 Å². The Morgan fingerprint density at radius 1 is 1.32 bits per heavy atom. The van der Waals surface area contributed by atoms with Crippen LogP contribution in [0.2, 0.25) is 0 Å². The van der Waals surface area contributed by atoms with Gasteiger partial charge in [-0.1, -0.05) is 17.7 Å². The van der Waals surface area contributed by atoms with Crippen LogP contribution >= 0.6 is 0 Å². The van der Waals surface area contributed by atoms with Crippen molar-refractivity contribution in [2.75, 3.05) is 7.05 Å². The van der Waals surface area contributed by atoms with Crippen molar-refractivity contribution in [3.8, 4) is 0 Å². The van der Waals surface area contributed by atoms with Gasteiger partial charge >= 0.3 is 0 Å². The van der Waals surface area contributed by atoms with Crippen molar-refractivity contribution in [2.24, 2.45) is 7.05 Å². The second-order valence-corrected chi connectivity index (χ2v) is 4.93. The van der Waals surface area contributed by atoms with Crippen molar-refractivity contribution in [1.82, 2.24) is 14.7 Å². The smallest absolute Gasteiger partial charge is 0.254 e. The van der Waals surface area contributed by atoms with Gasteiger partial charge in [-0.3, -0.25) is 9.48 Å². The van der Waals surface area contributed by atoms with E-state index in [-0.39, 0.29) is 5.91 Å². The maximum atomic E-state index is 12.5. The van der Waals surface area contributed by atoms with Crippen molar-refractivity contribution < 1.29 is 4.79 Å². The van der Waals surface area contributed by atoms with Crippen LogP contribution in [0.1, 0.15) is 27.2 Å². The summed E-state index contributed by atoms with van der Waals surface area (Å²) in [5.74, 6) is 0.0439. The summed E-state index contributed by atoms with van der Waals surface area (Å²) >= 11 is 0. The first-order valence-corrected chi connectivity index (χ1v) is 6.28. The Balaban J connectivity index is 2.19. The van der Waals surface area contributed by atoms with E-state index in [0.717, 1.165) is 22.4 Å². The minimum Gasteiger partial charge on any atom is -0.336 e. The molecule has 1 amide bonds. The molecule has 1 aromatic heterocycles. The van der Waals surface area contributed by atoms with E-state index in [0.29, 0.717) is 6.54 Å². The van der Waals surface area contributed by atoms with Gasteiger partial charge < -0.3 is 4.90 Å². The summed E-state index contributed by atoms with van der Waals surface area (Å²) < 4.78 is 1.78. The lowest BCUT2D eigenvalue weighted by atomic mass is 10.0. The average Bonchev–Trinajstić information content (AvgIpc) is 2.77. The van der Waals surface area contributed by atoms with Gasteiger partial charge in [0.05, 0.1) is 12.2 Å². The normalized spacial score (nSPS) is 10.5. The first kappa shape index (κ1) is 13.3. The Morgan fingerprint density at radius 2 is 2.05 bits per heavy atom. The number of rotatable bonds is 3. The lowest BCUT2D eigenvalue weighted by molar-refractivity contribution is 0.0781. The van der Waals surface area contributed by atoms with Crippen LogP contribution in [0.3, 0.4) is 0 Å². The average molecular weight is 257 g/mol. The van der Waals surface area contributed by atoms with Crippen molar-refractivity contribution in [2.45, 2.75) is 20.4 Å². The van der Waals surface area contributed by atoms with Crippen LogP contribution in [0.4, 0.5) is 0 Å². The lowest BCUT2D eigenvalue weighted by Gasteiger charge is -2.18. The molecule has 0 fully saturated rings. The molecule has 4 nitrogen and oxygen atoms in total. The van der Waals surface area contributed by atoms with E-state index in [9.17, 15) is 4.79 Å². The summed E-state index contributed by atoms with van der Waals surface area (Å²) in [7, 11) is 3.70. The Kier molecular flexibility index (Phi) is 3.69. The third-order valence-corrected chi connectivity index (χ3v) is 3.29. The molecule has 0 spiro atoms. The molecule has 0 saturated heterocycles. The molecule has 0 aliphatic heterocycles. The first-order chi connectivity index (χ1) is 8.99. The Morgan fingerprint density at radius 3 is 2.68 bits per heavy atom. The van der Waals surface area contributed by atoms with E-state index in [1.165, 1.54) is 0 Å². The molecule has 2 rings (SSSR count). The summed E-state index contributed by atoms with van der Waals surface area (Å²) in [5.41, 5.74) is 3.89. The lowest BCUT2D eigenvalue weighted by Crippen LogP contribution is -2.27. The molecule has 0 unspecified atom stereocenters. The molecule has 0 atom stereocenters. The molecule has 100 valence electrons. The molecule has 0 aliphatic rings. The van der Waals surface area contributed by atoms with E-state index >= 15 is 0 Å². The summed E-state index contributed by atoms with van der Waals surface area (Å²) in [6.45, 7) is 4.52. The molecule has 4 heteroatoms. The van der Waals surface area contributed by atoms with Crippen molar-refractivity contribution in [3.05, 3.63) is 52.8 Å². The number of hydrogen-bond donors (Lipinski definition) is 0. The van der Waals surface area contributed by atoms with Crippen molar-refractivity contribution in [1.29, 1.82) is 0 Å². The van der Waals surface area contributed by atoms with Gasteiger partial charge in [0.15, 0.2) is 0 Å². The predicted molar refractivity (Wildman–Crippen MR) is 74.9 cm³/mol. The van der Waals surface area contributed by atoms with E-state index < -0.39 is 0 Å². The number of carbonyl (C=O) groups is 1. The first-order valence-electron chi connectivity index (χ1n) is 6.28. The largest absolute Gasteiger partial charge is 0.336 e. The fraction of sp³-hybridized carbons (Fsp3) is 0.333. The van der Waals surface area contributed by atoms with Gasteiger partial charge in [0, 0.05) is 25.9 Å². The molecule has 0 bridgehead atoms. The molecule has 1 aromatic carbocycles. The maximum Gasteiger partial charge on any atom is 0.254 e. The second-order valence-electron chi connectivity index (χ2n) is 4.93. The third-order valence-electron chi connectivity index (χ3n) is 3.29. The van der Waals surface area contributed by atoms with Crippen molar-refractivity contribution in [3.63, 3.8) is 0 Å². The second kappa shape index (κ2) is 5.26. The maximum absolute atomic E-state index is 12.5. The molecular weight excluding hydrogens is 238 g/mol. The predicted octanol–water partition coefficient (Wildman–Crippen LogP) is 2.31. The molecule has 0 aliphatic carbocycles. The highest BCUT2D eigenvalue weighted by Gasteiger charge is 2.15. The fourth-order valence-electron chi connectivity index (χ4n) is 2.04. The highest BCUT2D eigenvalue weighted by atomic mass is 16.2. The van der Waals surface area contributed by atoms with Gasteiger partial charge in [0.1, 0.15) is 0 Å². The van der Waals surface area contributed by atoms with Gasteiger partial charge in [-0.25, -0.2) is 0 Å². The number of aryl methyl sites for hydroxylation is 3. The van der Waals surface area contributed by atoms with Crippen LogP contribution in [0.5, 0.6) is 0 Å². The zero-order chi connectivity index (χ0) is 14.0. The number of amides is 1. The minimum atomic E-state index is 0.0439. The fourth-order valence-corrected chi connectivity index (χ4v) is 2.04. The molecule has 0 saturated carbocycles. The highest BCUT2D eigenvalue weighted by molar-refractivity contribution is 5.95. The zero-order valence-electron chi connectivity index (χ0n) is 11.8. The number of hydrogen-bond acceptors (Lipinski definition) is 2. The summed E-state index contributed by atoms with van der Waals surface area (Å²) in [6, 6.07) is 7.87. The molecule has 0 radical (unpaired) electrons. The van der Waals surface area contributed by atoms with Gasteiger partial charge in [0.25, 0.3) is 5.91 Å². The Hall–Kier alpha value is -2.10. The molecule has 19 heavy (non-hydrogen) atoms. The number of nitrogens with zero attached hydrogens (tertiary/aromatic N) is 3. The zero-order valence-corrected chi connectivity index (χ0v) is 11.8. The SMILES string of the molecule is Cc1ccc(C)c(C(=O)N(C)Cc2ccnn2C)c1. The molecular formula is C15H19N3O. The summed E-state index contributed by atoms with van der Waals surface area (Å²) in [5, 5.41) is 4.11. The van der Waals surface area contributed by atoms with E-state index in [1.54, 1.807) is 15.8 Å². The van der Waals surface area contributed by atoms with Gasteiger partial charge in [-0.15, -0.1) is 0 Å². The third kappa shape index (κ3) is 2.84. The minimum absolute atomic E-state index is 0.0439. The van der Waals surface area contributed by atoms with Crippen LogP contribution in [-0.2, 0) is 13.6 Å². The molecule has 2 aromatic rings. The summed E-state index contributed by atoms with van der Waals surface area (Å²) in [4.78, 5) is 14.2.